The number of anilines is 1. The molecule has 2 aromatic heterocycles. The molecule has 0 aliphatic carbocycles. The smallest absolute Gasteiger partial charge is 0.223 e. The molecule has 1 aromatic carbocycles. The van der Waals surface area contributed by atoms with Crippen molar-refractivity contribution in [1.29, 1.82) is 0 Å². The summed E-state index contributed by atoms with van der Waals surface area (Å²) in [4.78, 5) is 25.4. The van der Waals surface area contributed by atoms with Gasteiger partial charge in [0, 0.05) is 44.7 Å². The molecule has 0 unspecified atom stereocenters. The lowest BCUT2D eigenvalue weighted by atomic mass is 10.1. The van der Waals surface area contributed by atoms with Crippen LogP contribution in [0.25, 0.3) is 11.0 Å². The van der Waals surface area contributed by atoms with Crippen LogP contribution in [0.4, 0.5) is 5.82 Å². The topological polar surface area (TPSA) is 67.2 Å². The highest BCUT2D eigenvalue weighted by atomic mass is 35.5. The minimum Gasteiger partial charge on any atom is -0.352 e. The number of carbonyl (C=O) groups excluding carboxylic acids is 1. The minimum atomic E-state index is 0.170. The van der Waals surface area contributed by atoms with Crippen LogP contribution in [-0.2, 0) is 18.3 Å². The Bertz CT molecular complexity index is 964. The van der Waals surface area contributed by atoms with E-state index in [9.17, 15) is 4.79 Å². The van der Waals surface area contributed by atoms with Gasteiger partial charge in [-0.3, -0.25) is 9.48 Å². The van der Waals surface area contributed by atoms with E-state index < -0.39 is 0 Å². The highest BCUT2D eigenvalue weighted by molar-refractivity contribution is 6.31. The molecule has 140 valence electrons. The number of nitrogens with zero attached hydrogens (tertiary/aromatic N) is 6. The van der Waals surface area contributed by atoms with Gasteiger partial charge in [0.25, 0.3) is 0 Å². The van der Waals surface area contributed by atoms with Crippen molar-refractivity contribution in [2.24, 2.45) is 7.05 Å². The summed E-state index contributed by atoms with van der Waals surface area (Å²) in [5.74, 6) is 1.06. The molecule has 4 rings (SSSR count). The molecule has 1 amide bonds. The lowest BCUT2D eigenvalue weighted by molar-refractivity contribution is -0.131. The van der Waals surface area contributed by atoms with E-state index in [4.69, 9.17) is 11.6 Å². The van der Waals surface area contributed by atoms with Gasteiger partial charge in [-0.15, -0.1) is 0 Å². The summed E-state index contributed by atoms with van der Waals surface area (Å²) in [6, 6.07) is 7.69. The van der Waals surface area contributed by atoms with Gasteiger partial charge in [-0.2, -0.15) is 5.10 Å². The predicted octanol–water partition coefficient (Wildman–Crippen LogP) is 2.30. The molecule has 1 aliphatic heterocycles. The molecular weight excluding hydrogens is 364 g/mol. The van der Waals surface area contributed by atoms with Crippen molar-refractivity contribution in [1.82, 2.24) is 24.6 Å². The van der Waals surface area contributed by atoms with E-state index in [0.29, 0.717) is 25.9 Å². The number of aryl methyl sites for hydroxylation is 2. The predicted molar refractivity (Wildman–Crippen MR) is 105 cm³/mol. The van der Waals surface area contributed by atoms with Crippen LogP contribution in [0.15, 0.2) is 36.8 Å². The van der Waals surface area contributed by atoms with Crippen molar-refractivity contribution in [3.8, 4) is 0 Å². The van der Waals surface area contributed by atoms with Crippen molar-refractivity contribution in [2.75, 3.05) is 31.1 Å². The van der Waals surface area contributed by atoms with Crippen molar-refractivity contribution in [3.63, 3.8) is 0 Å². The zero-order valence-electron chi connectivity index (χ0n) is 15.2. The maximum atomic E-state index is 12.6. The van der Waals surface area contributed by atoms with E-state index in [1.807, 2.05) is 36.2 Å². The summed E-state index contributed by atoms with van der Waals surface area (Å²) < 4.78 is 1.75. The number of hydrogen-bond acceptors (Lipinski definition) is 5. The van der Waals surface area contributed by atoms with Gasteiger partial charge in [0.2, 0.25) is 5.91 Å². The first-order valence-electron chi connectivity index (χ1n) is 9.02. The van der Waals surface area contributed by atoms with Crippen LogP contribution in [-0.4, -0.2) is 56.7 Å². The maximum absolute atomic E-state index is 12.6. The van der Waals surface area contributed by atoms with E-state index in [0.717, 1.165) is 40.5 Å². The SMILES string of the molecule is Cn1ncc2c(N3CCN(C(=O)CCc4ccccc4Cl)CC3)ncnc21. The third-order valence-electron chi connectivity index (χ3n) is 5.01. The second-order valence-electron chi connectivity index (χ2n) is 6.66. The maximum Gasteiger partial charge on any atom is 0.223 e. The first-order chi connectivity index (χ1) is 13.1. The Morgan fingerprint density at radius 1 is 1.15 bits per heavy atom. The highest BCUT2D eigenvalue weighted by Crippen LogP contribution is 2.23. The molecule has 0 bridgehead atoms. The van der Waals surface area contributed by atoms with Crippen molar-refractivity contribution >= 4 is 34.4 Å². The fourth-order valence-electron chi connectivity index (χ4n) is 3.47. The monoisotopic (exact) mass is 384 g/mol. The van der Waals surface area contributed by atoms with Gasteiger partial charge in [-0.05, 0) is 18.1 Å². The van der Waals surface area contributed by atoms with Gasteiger partial charge in [0.05, 0.1) is 11.6 Å². The number of hydrogen-bond donors (Lipinski definition) is 0. The summed E-state index contributed by atoms with van der Waals surface area (Å²) in [5, 5.41) is 5.93. The molecule has 0 atom stereocenters. The van der Waals surface area contributed by atoms with Crippen LogP contribution in [0.1, 0.15) is 12.0 Å². The van der Waals surface area contributed by atoms with Crippen LogP contribution >= 0.6 is 11.6 Å². The van der Waals surface area contributed by atoms with E-state index in [2.05, 4.69) is 20.0 Å². The van der Waals surface area contributed by atoms with E-state index in [1.165, 1.54) is 0 Å². The van der Waals surface area contributed by atoms with E-state index in [-0.39, 0.29) is 5.91 Å². The fourth-order valence-corrected chi connectivity index (χ4v) is 3.70. The molecule has 3 heterocycles. The van der Waals surface area contributed by atoms with Crippen molar-refractivity contribution in [3.05, 3.63) is 47.4 Å². The first-order valence-corrected chi connectivity index (χ1v) is 9.40. The quantitative estimate of drug-likeness (QED) is 0.690. The lowest BCUT2D eigenvalue weighted by Gasteiger charge is -2.35. The number of fused-ring (bicyclic) bond motifs is 1. The normalized spacial score (nSPS) is 14.7. The number of rotatable bonds is 4. The third kappa shape index (κ3) is 3.60. The molecule has 0 N–H and O–H groups in total. The van der Waals surface area contributed by atoms with E-state index in [1.54, 1.807) is 17.2 Å². The standard InChI is InChI=1S/C19H21ClN6O/c1-24-18-15(12-23-24)19(22-13-21-18)26-10-8-25(9-11-26)17(27)7-6-14-4-2-3-5-16(14)20/h2-5,12-13H,6-11H2,1H3. The van der Waals surface area contributed by atoms with Gasteiger partial charge in [-0.1, -0.05) is 29.8 Å². The second kappa shape index (κ2) is 7.52. The zero-order chi connectivity index (χ0) is 18.8. The molecule has 27 heavy (non-hydrogen) atoms. The minimum absolute atomic E-state index is 0.170. The average Bonchev–Trinajstić information content (AvgIpc) is 3.08. The molecule has 1 aliphatic rings. The second-order valence-corrected chi connectivity index (χ2v) is 7.07. The molecule has 0 saturated carbocycles. The highest BCUT2D eigenvalue weighted by Gasteiger charge is 2.23. The summed E-state index contributed by atoms with van der Waals surface area (Å²) in [6.07, 6.45) is 4.51. The summed E-state index contributed by atoms with van der Waals surface area (Å²) >= 11 is 6.18. The molecule has 8 heteroatoms. The molecular formula is C19H21ClN6O. The third-order valence-corrected chi connectivity index (χ3v) is 5.38. The number of carbonyl (C=O) groups is 1. The number of piperazine rings is 1. The fraction of sp³-hybridized carbons (Fsp3) is 0.368. The number of benzene rings is 1. The molecule has 1 saturated heterocycles. The Morgan fingerprint density at radius 3 is 2.70 bits per heavy atom. The summed E-state index contributed by atoms with van der Waals surface area (Å²) in [6.45, 7) is 2.87. The van der Waals surface area contributed by atoms with Crippen molar-refractivity contribution < 1.29 is 4.79 Å². The Labute approximate surface area is 162 Å². The Balaban J connectivity index is 1.37. The van der Waals surface area contributed by atoms with Crippen LogP contribution < -0.4 is 4.90 Å². The van der Waals surface area contributed by atoms with Gasteiger partial charge in [-0.25, -0.2) is 9.97 Å². The molecule has 0 radical (unpaired) electrons. The Kier molecular flexibility index (Phi) is 4.94. The zero-order valence-corrected chi connectivity index (χ0v) is 15.9. The molecule has 0 spiro atoms. The van der Waals surface area contributed by atoms with Gasteiger partial charge in [0.15, 0.2) is 5.65 Å². The summed E-state index contributed by atoms with van der Waals surface area (Å²) in [5.41, 5.74) is 1.84. The number of aromatic nitrogens is 4. The van der Waals surface area contributed by atoms with E-state index >= 15 is 0 Å². The average molecular weight is 385 g/mol. The van der Waals surface area contributed by atoms with Gasteiger partial charge in [0.1, 0.15) is 12.1 Å². The van der Waals surface area contributed by atoms with Crippen LogP contribution in [0.5, 0.6) is 0 Å². The Morgan fingerprint density at radius 2 is 1.93 bits per heavy atom. The van der Waals surface area contributed by atoms with Crippen molar-refractivity contribution in [2.45, 2.75) is 12.8 Å². The van der Waals surface area contributed by atoms with Crippen LogP contribution in [0.3, 0.4) is 0 Å². The largest absolute Gasteiger partial charge is 0.352 e. The number of halogens is 1. The molecule has 1 fully saturated rings. The van der Waals surface area contributed by atoms with Crippen LogP contribution in [0.2, 0.25) is 5.02 Å². The van der Waals surface area contributed by atoms with Crippen LogP contribution in [0, 0.1) is 0 Å². The first kappa shape index (κ1) is 17.7. The Hall–Kier alpha value is -2.67. The summed E-state index contributed by atoms with van der Waals surface area (Å²) in [7, 11) is 1.87. The van der Waals surface area contributed by atoms with Gasteiger partial charge < -0.3 is 9.80 Å². The van der Waals surface area contributed by atoms with Gasteiger partial charge >= 0.3 is 0 Å². The number of amides is 1. The lowest BCUT2D eigenvalue weighted by Crippen LogP contribution is -2.49. The molecule has 3 aromatic rings. The molecule has 7 nitrogen and oxygen atoms in total.